The highest BCUT2D eigenvalue weighted by Gasteiger charge is 2.37. The Morgan fingerprint density at radius 2 is 2.04 bits per heavy atom. The second kappa shape index (κ2) is 11.1. The fourth-order valence-electron chi connectivity index (χ4n) is 2.09. The first-order chi connectivity index (χ1) is 12.8. The number of aliphatic imine (C=N–C) groups is 1. The molecule has 0 saturated heterocycles. The van der Waals surface area contributed by atoms with E-state index < -0.39 is 22.0 Å². The third-order valence-electron chi connectivity index (χ3n) is 3.32. The molecule has 1 amide bonds. The number of nitrogens with two attached hydrogens (primary N) is 2. The number of hydrogen-bond donors (Lipinski definition) is 4. The van der Waals surface area contributed by atoms with Crippen LogP contribution in [0.15, 0.2) is 40.2 Å². The van der Waals surface area contributed by atoms with E-state index in [4.69, 9.17) is 21.5 Å². The second-order valence-electron chi connectivity index (χ2n) is 5.21. The first kappa shape index (κ1) is 22.4. The number of hydrogen-bond acceptors (Lipinski definition) is 6. The van der Waals surface area contributed by atoms with Crippen molar-refractivity contribution in [2.75, 3.05) is 13.2 Å². The van der Waals surface area contributed by atoms with Crippen LogP contribution in [0.4, 0.5) is 0 Å². The number of benzene rings is 1. The van der Waals surface area contributed by atoms with Crippen LogP contribution < -0.4 is 16.9 Å². The average molecular weight is 397 g/mol. The maximum Gasteiger partial charge on any atom is 0.265 e. The molecule has 0 bridgehead atoms. The second-order valence-corrected chi connectivity index (χ2v) is 7.00. The Bertz CT molecular complexity index is 797. The molecule has 0 unspecified atom stereocenters. The molecule has 0 aliphatic heterocycles. The van der Waals surface area contributed by atoms with E-state index in [0.717, 1.165) is 0 Å². The van der Waals surface area contributed by atoms with Gasteiger partial charge in [0.25, 0.3) is 15.9 Å². The standard InChI is InChI=1S/C16H23N5O5S/c1-2-3-12-26-21(27(24,25)13-8-5-4-6-9-13)14(15(22)20-23)10-7-11-19-16(17)18/h4-6,8-9,14,23H,7,10-12H2,1H3,(H,20,22)(H4,17,18,19)/t14-/m1/s1. The van der Waals surface area contributed by atoms with Gasteiger partial charge in [0, 0.05) is 6.54 Å². The third-order valence-corrected chi connectivity index (χ3v) is 5.02. The zero-order valence-corrected chi connectivity index (χ0v) is 15.6. The summed E-state index contributed by atoms with van der Waals surface area (Å²) < 4.78 is 26.5. The smallest absolute Gasteiger partial charge is 0.265 e. The largest absolute Gasteiger partial charge is 0.370 e. The molecule has 1 aromatic rings. The molecule has 1 rings (SSSR count). The van der Waals surface area contributed by atoms with E-state index in [1.165, 1.54) is 29.7 Å². The third kappa shape index (κ3) is 6.87. The van der Waals surface area contributed by atoms with E-state index in [1.807, 2.05) is 0 Å². The molecule has 27 heavy (non-hydrogen) atoms. The van der Waals surface area contributed by atoms with Crippen molar-refractivity contribution < 1.29 is 23.3 Å². The summed E-state index contributed by atoms with van der Waals surface area (Å²) in [6.07, 6.45) is 0.258. The Kier molecular flexibility index (Phi) is 9.24. The monoisotopic (exact) mass is 397 g/mol. The molecular weight excluding hydrogens is 374 g/mol. The molecule has 0 aromatic heterocycles. The van der Waals surface area contributed by atoms with E-state index in [2.05, 4.69) is 16.8 Å². The average Bonchev–Trinajstić information content (AvgIpc) is 2.66. The van der Waals surface area contributed by atoms with Crippen LogP contribution in [-0.2, 0) is 19.7 Å². The van der Waals surface area contributed by atoms with E-state index in [0.29, 0.717) is 4.47 Å². The molecule has 6 N–H and O–H groups in total. The summed E-state index contributed by atoms with van der Waals surface area (Å²) in [5.41, 5.74) is 12.0. The molecule has 1 atom stereocenters. The summed E-state index contributed by atoms with van der Waals surface area (Å²) in [5, 5.41) is 9.03. The number of amides is 1. The van der Waals surface area contributed by atoms with Crippen molar-refractivity contribution in [3.8, 4) is 11.8 Å². The molecule has 0 spiro atoms. The fourth-order valence-corrected chi connectivity index (χ4v) is 3.53. The number of carbonyl (C=O) groups is 1. The highest BCUT2D eigenvalue weighted by Crippen LogP contribution is 2.21. The molecular formula is C16H23N5O5S. The fraction of sp³-hybridized carbons (Fsp3) is 0.375. The van der Waals surface area contributed by atoms with Crippen LogP contribution in [0.5, 0.6) is 0 Å². The quantitative estimate of drug-likeness (QED) is 0.104. The minimum absolute atomic E-state index is 0.00517. The minimum atomic E-state index is -4.20. The summed E-state index contributed by atoms with van der Waals surface area (Å²) >= 11 is 0. The van der Waals surface area contributed by atoms with Gasteiger partial charge in [-0.05, 0) is 31.9 Å². The van der Waals surface area contributed by atoms with Crippen LogP contribution in [0.2, 0.25) is 0 Å². The number of nitrogens with one attached hydrogen (secondary N) is 1. The number of sulfonamides is 1. The van der Waals surface area contributed by atoms with E-state index >= 15 is 0 Å². The maximum absolute atomic E-state index is 13.0. The van der Waals surface area contributed by atoms with Crippen molar-refractivity contribution >= 4 is 21.9 Å². The van der Waals surface area contributed by atoms with Gasteiger partial charge >= 0.3 is 0 Å². The number of rotatable bonds is 10. The Hall–Kier alpha value is -2.65. The number of carbonyl (C=O) groups excluding carboxylic acids is 1. The lowest BCUT2D eigenvalue weighted by Gasteiger charge is -2.27. The molecule has 10 nitrogen and oxygen atoms in total. The molecule has 0 saturated carbocycles. The molecule has 0 heterocycles. The molecule has 11 heteroatoms. The minimum Gasteiger partial charge on any atom is -0.370 e. The lowest BCUT2D eigenvalue weighted by Crippen LogP contribution is -2.49. The lowest BCUT2D eigenvalue weighted by atomic mass is 10.1. The number of guanidine groups is 1. The first-order valence-electron chi connectivity index (χ1n) is 7.96. The summed E-state index contributed by atoms with van der Waals surface area (Å²) in [5.74, 6) is 4.06. The van der Waals surface area contributed by atoms with Crippen molar-refractivity contribution in [2.24, 2.45) is 16.5 Å². The van der Waals surface area contributed by atoms with E-state index in [1.54, 1.807) is 13.0 Å². The summed E-state index contributed by atoms with van der Waals surface area (Å²) in [7, 11) is -4.20. The Morgan fingerprint density at radius 3 is 2.59 bits per heavy atom. The van der Waals surface area contributed by atoms with Gasteiger partial charge in [0.2, 0.25) is 0 Å². The van der Waals surface area contributed by atoms with Crippen LogP contribution in [0.3, 0.4) is 0 Å². The predicted octanol–water partition coefficient (Wildman–Crippen LogP) is -0.440. The van der Waals surface area contributed by atoms with Gasteiger partial charge in [-0.25, -0.2) is 13.9 Å². The first-order valence-corrected chi connectivity index (χ1v) is 9.40. The molecule has 1 aromatic carbocycles. The summed E-state index contributed by atoms with van der Waals surface area (Å²) in [6, 6.07) is 6.11. The molecule has 0 aliphatic carbocycles. The highest BCUT2D eigenvalue weighted by atomic mass is 32.2. The topological polar surface area (TPSA) is 160 Å². The van der Waals surface area contributed by atoms with Crippen molar-refractivity contribution in [1.29, 1.82) is 0 Å². The normalized spacial score (nSPS) is 12.0. The molecule has 148 valence electrons. The van der Waals surface area contributed by atoms with E-state index in [9.17, 15) is 13.2 Å². The van der Waals surface area contributed by atoms with Gasteiger partial charge < -0.3 is 11.5 Å². The van der Waals surface area contributed by atoms with Gasteiger partial charge in [0.05, 0.1) is 4.90 Å². The van der Waals surface area contributed by atoms with Gasteiger partial charge in [-0.3, -0.25) is 19.8 Å². The summed E-state index contributed by atoms with van der Waals surface area (Å²) in [4.78, 5) is 21.1. The van der Waals surface area contributed by atoms with Gasteiger partial charge in [0.1, 0.15) is 12.6 Å². The van der Waals surface area contributed by atoms with Gasteiger partial charge in [-0.1, -0.05) is 28.6 Å². The molecule has 0 aliphatic rings. The van der Waals surface area contributed by atoms with Crippen molar-refractivity contribution in [2.45, 2.75) is 30.7 Å². The Morgan fingerprint density at radius 1 is 1.37 bits per heavy atom. The predicted molar refractivity (Wildman–Crippen MR) is 98.5 cm³/mol. The van der Waals surface area contributed by atoms with Crippen LogP contribution in [0, 0.1) is 11.8 Å². The number of hydroxylamine groups is 2. The molecule has 0 fully saturated rings. The van der Waals surface area contributed by atoms with Gasteiger partial charge in [0.15, 0.2) is 5.96 Å². The van der Waals surface area contributed by atoms with Crippen LogP contribution >= 0.6 is 0 Å². The van der Waals surface area contributed by atoms with E-state index in [-0.39, 0.29) is 36.8 Å². The highest BCUT2D eigenvalue weighted by molar-refractivity contribution is 7.89. The van der Waals surface area contributed by atoms with Gasteiger partial charge in [-0.15, -0.1) is 5.92 Å². The van der Waals surface area contributed by atoms with Crippen LogP contribution in [-0.4, -0.2) is 49.2 Å². The SMILES string of the molecule is CC#CCON([C@H](CCCN=C(N)N)C(=O)NO)S(=O)(=O)c1ccccc1. The van der Waals surface area contributed by atoms with Crippen molar-refractivity contribution in [3.63, 3.8) is 0 Å². The van der Waals surface area contributed by atoms with Crippen LogP contribution in [0.25, 0.3) is 0 Å². The Balaban J connectivity index is 3.19. The number of nitrogens with zero attached hydrogens (tertiary/aromatic N) is 2. The Labute approximate surface area is 158 Å². The summed E-state index contributed by atoms with van der Waals surface area (Å²) in [6.45, 7) is 1.48. The zero-order chi connectivity index (χ0) is 20.3. The molecule has 0 radical (unpaired) electrons. The maximum atomic E-state index is 13.0. The van der Waals surface area contributed by atoms with Crippen molar-refractivity contribution in [1.82, 2.24) is 9.95 Å². The zero-order valence-electron chi connectivity index (χ0n) is 14.8. The van der Waals surface area contributed by atoms with Crippen molar-refractivity contribution in [3.05, 3.63) is 30.3 Å². The van der Waals surface area contributed by atoms with Gasteiger partial charge in [-0.2, -0.15) is 0 Å². The lowest BCUT2D eigenvalue weighted by molar-refractivity contribution is -0.151. The van der Waals surface area contributed by atoms with Crippen LogP contribution in [0.1, 0.15) is 19.8 Å².